The van der Waals surface area contributed by atoms with Crippen LogP contribution in [0.25, 0.3) is 5.70 Å². The van der Waals surface area contributed by atoms with Crippen molar-refractivity contribution in [2.75, 3.05) is 6.61 Å². The molecule has 1 aliphatic heterocycles. The van der Waals surface area contributed by atoms with Crippen molar-refractivity contribution in [3.8, 4) is 0 Å². The first-order chi connectivity index (χ1) is 18.0. The number of nitrogens with one attached hydrogen (secondary N) is 2. The molecule has 2 atom stereocenters. The van der Waals surface area contributed by atoms with E-state index in [4.69, 9.17) is 20.8 Å². The molecule has 1 aliphatic rings. The molecule has 0 spiro atoms. The van der Waals surface area contributed by atoms with Gasteiger partial charge in [0, 0.05) is 5.02 Å². The van der Waals surface area contributed by atoms with Crippen molar-refractivity contribution < 1.29 is 27.2 Å². The number of carbonyl (C=O) groups excluding carboxylic acids is 2. The van der Waals surface area contributed by atoms with Crippen LogP contribution in [0.15, 0.2) is 82.3 Å². The monoisotopic (exact) mass is 557 g/mol. The Morgan fingerprint density at radius 2 is 1.79 bits per heavy atom. The third kappa shape index (κ3) is 6.27. The molecule has 2 N–H and O–H groups in total. The summed E-state index contributed by atoms with van der Waals surface area (Å²) in [4.78, 5) is 26.1. The van der Waals surface area contributed by atoms with Gasteiger partial charge in [-0.15, -0.1) is 0 Å². The zero-order valence-corrected chi connectivity index (χ0v) is 22.6. The number of hydrogen-bond acceptors (Lipinski definition) is 7. The summed E-state index contributed by atoms with van der Waals surface area (Å²) in [7, 11) is -3.99. The topological polar surface area (TPSA) is 118 Å². The summed E-state index contributed by atoms with van der Waals surface area (Å²) in [6, 6.07) is 15.0. The third-order valence-corrected chi connectivity index (χ3v) is 7.68. The van der Waals surface area contributed by atoms with Gasteiger partial charge in [-0.05, 0) is 60.9 Å². The van der Waals surface area contributed by atoms with E-state index in [1.54, 1.807) is 50.2 Å². The molecule has 0 fully saturated rings. The van der Waals surface area contributed by atoms with Gasteiger partial charge in [-0.25, -0.2) is 13.4 Å². The second-order valence-corrected chi connectivity index (χ2v) is 11.3. The van der Waals surface area contributed by atoms with E-state index in [0.29, 0.717) is 16.5 Å². The fraction of sp³-hybridized carbons (Fsp3) is 0.259. The number of hydrazine groups is 1. The fourth-order valence-electron chi connectivity index (χ4n) is 3.85. The van der Waals surface area contributed by atoms with Gasteiger partial charge in [0.2, 0.25) is 10.0 Å². The summed E-state index contributed by atoms with van der Waals surface area (Å²) in [5.74, 6) is -1.34. The van der Waals surface area contributed by atoms with Crippen LogP contribution < -0.4 is 10.1 Å². The van der Waals surface area contributed by atoms with E-state index in [9.17, 15) is 18.0 Å². The standard InChI is InChI=1S/C27H28ClN3O6S/c1-17(2)26(30-38(34,35)21-12-6-18(3)7-13-21)27(33)37-16-25(32)31-23(24-5-4-14-36-24)15-22(29-31)19-8-10-20(28)11-9-19/h4-15,17,23,26,29-30H,16H2,1-3H3/t23-,26+/m0/s1. The second-order valence-electron chi connectivity index (χ2n) is 9.19. The lowest BCUT2D eigenvalue weighted by molar-refractivity contribution is -0.155. The van der Waals surface area contributed by atoms with E-state index in [1.807, 2.05) is 25.1 Å². The van der Waals surface area contributed by atoms with Gasteiger partial charge in [0.15, 0.2) is 6.61 Å². The Labute approximate surface area is 226 Å². The molecule has 200 valence electrons. The fourth-order valence-corrected chi connectivity index (χ4v) is 5.31. The van der Waals surface area contributed by atoms with Crippen molar-refractivity contribution in [1.82, 2.24) is 15.2 Å². The predicted octanol–water partition coefficient (Wildman–Crippen LogP) is 4.22. The van der Waals surface area contributed by atoms with Crippen LogP contribution in [0.4, 0.5) is 0 Å². The molecular weight excluding hydrogens is 530 g/mol. The summed E-state index contributed by atoms with van der Waals surface area (Å²) in [6.45, 7) is 4.60. The Bertz CT molecular complexity index is 1420. The normalized spacial score (nSPS) is 16.2. The Balaban J connectivity index is 1.45. The molecule has 2 aromatic carbocycles. The zero-order valence-electron chi connectivity index (χ0n) is 21.1. The van der Waals surface area contributed by atoms with Crippen LogP contribution in [0.5, 0.6) is 0 Å². The highest BCUT2D eigenvalue weighted by molar-refractivity contribution is 7.89. The van der Waals surface area contributed by atoms with Gasteiger partial charge in [-0.1, -0.05) is 55.3 Å². The number of rotatable bonds is 9. The minimum Gasteiger partial charge on any atom is -0.467 e. The summed E-state index contributed by atoms with van der Waals surface area (Å²) < 4.78 is 38.9. The van der Waals surface area contributed by atoms with Gasteiger partial charge in [0.1, 0.15) is 17.8 Å². The number of halogens is 1. The number of ether oxygens (including phenoxy) is 1. The van der Waals surface area contributed by atoms with E-state index >= 15 is 0 Å². The number of aryl methyl sites for hydroxylation is 1. The Morgan fingerprint density at radius 3 is 2.39 bits per heavy atom. The van der Waals surface area contributed by atoms with Crippen LogP contribution in [0.1, 0.15) is 36.8 Å². The van der Waals surface area contributed by atoms with Crippen LogP contribution in [0.2, 0.25) is 5.02 Å². The van der Waals surface area contributed by atoms with Crippen LogP contribution in [-0.4, -0.2) is 38.0 Å². The molecule has 0 radical (unpaired) electrons. The quantitative estimate of drug-likeness (QED) is 0.378. The maximum Gasteiger partial charge on any atom is 0.324 e. The van der Waals surface area contributed by atoms with Crippen LogP contribution >= 0.6 is 11.6 Å². The van der Waals surface area contributed by atoms with Crippen molar-refractivity contribution >= 4 is 39.2 Å². The SMILES string of the molecule is Cc1ccc(S(=O)(=O)N[C@@H](C(=O)OCC(=O)N2NC(c3ccc(Cl)cc3)=C[C@H]2c2ccco2)C(C)C)cc1. The van der Waals surface area contributed by atoms with Crippen molar-refractivity contribution in [2.45, 2.75) is 37.8 Å². The van der Waals surface area contributed by atoms with Crippen LogP contribution in [-0.2, 0) is 24.3 Å². The number of benzene rings is 2. The van der Waals surface area contributed by atoms with Crippen LogP contribution in [0, 0.1) is 12.8 Å². The molecule has 11 heteroatoms. The average Bonchev–Trinajstić information content (AvgIpc) is 3.57. The molecule has 1 aromatic heterocycles. The third-order valence-electron chi connectivity index (χ3n) is 5.97. The minimum atomic E-state index is -3.99. The van der Waals surface area contributed by atoms with Gasteiger partial charge < -0.3 is 9.15 Å². The molecule has 4 rings (SSSR count). The lowest BCUT2D eigenvalue weighted by Gasteiger charge is -2.25. The predicted molar refractivity (Wildman–Crippen MR) is 142 cm³/mol. The molecule has 0 saturated carbocycles. The second kappa shape index (κ2) is 11.4. The number of furan rings is 1. The first kappa shape index (κ1) is 27.4. The first-order valence-electron chi connectivity index (χ1n) is 11.9. The van der Waals surface area contributed by atoms with E-state index in [2.05, 4.69) is 10.1 Å². The molecule has 0 aliphatic carbocycles. The van der Waals surface area contributed by atoms with Crippen LogP contribution in [0.3, 0.4) is 0 Å². The number of hydrogen-bond donors (Lipinski definition) is 2. The lowest BCUT2D eigenvalue weighted by Crippen LogP contribution is -2.47. The largest absolute Gasteiger partial charge is 0.467 e. The van der Waals surface area contributed by atoms with Gasteiger partial charge in [-0.3, -0.25) is 15.0 Å². The van der Waals surface area contributed by atoms with E-state index in [-0.39, 0.29) is 4.90 Å². The minimum absolute atomic E-state index is 0.0287. The van der Waals surface area contributed by atoms with E-state index in [0.717, 1.165) is 11.1 Å². The van der Waals surface area contributed by atoms with Gasteiger partial charge in [-0.2, -0.15) is 4.72 Å². The number of nitrogens with zero attached hydrogens (tertiary/aromatic N) is 1. The highest BCUT2D eigenvalue weighted by atomic mass is 35.5. The molecular formula is C27H28ClN3O6S. The Morgan fingerprint density at radius 1 is 1.11 bits per heavy atom. The zero-order chi connectivity index (χ0) is 27.4. The molecule has 38 heavy (non-hydrogen) atoms. The number of esters is 1. The maximum absolute atomic E-state index is 13.2. The number of sulfonamides is 1. The summed E-state index contributed by atoms with van der Waals surface area (Å²) in [5, 5.41) is 1.88. The van der Waals surface area contributed by atoms with Gasteiger partial charge in [0.25, 0.3) is 5.91 Å². The summed E-state index contributed by atoms with van der Waals surface area (Å²) in [6.07, 6.45) is 3.31. The molecule has 9 nitrogen and oxygen atoms in total. The highest BCUT2D eigenvalue weighted by Gasteiger charge is 2.35. The molecule has 0 unspecified atom stereocenters. The smallest absolute Gasteiger partial charge is 0.324 e. The van der Waals surface area contributed by atoms with Crippen molar-refractivity contribution in [1.29, 1.82) is 0 Å². The molecule has 2 heterocycles. The molecule has 0 bridgehead atoms. The van der Waals surface area contributed by atoms with Crippen molar-refractivity contribution in [3.63, 3.8) is 0 Å². The van der Waals surface area contributed by atoms with Crippen molar-refractivity contribution in [3.05, 3.63) is 94.9 Å². The number of carbonyl (C=O) groups is 2. The summed E-state index contributed by atoms with van der Waals surface area (Å²) in [5.41, 5.74) is 5.39. The summed E-state index contributed by atoms with van der Waals surface area (Å²) >= 11 is 6.00. The van der Waals surface area contributed by atoms with E-state index in [1.165, 1.54) is 23.4 Å². The number of amides is 1. The Hall–Kier alpha value is -3.60. The van der Waals surface area contributed by atoms with Gasteiger partial charge in [0.05, 0.1) is 16.9 Å². The molecule has 0 saturated heterocycles. The molecule has 1 amide bonds. The highest BCUT2D eigenvalue weighted by Crippen LogP contribution is 2.32. The lowest BCUT2D eigenvalue weighted by atomic mass is 10.1. The average molecular weight is 558 g/mol. The maximum atomic E-state index is 13.2. The van der Waals surface area contributed by atoms with E-state index < -0.39 is 46.5 Å². The molecule has 3 aromatic rings. The van der Waals surface area contributed by atoms with Gasteiger partial charge >= 0.3 is 5.97 Å². The Kier molecular flexibility index (Phi) is 8.25. The van der Waals surface area contributed by atoms with Crippen molar-refractivity contribution in [2.24, 2.45) is 5.92 Å². The first-order valence-corrected chi connectivity index (χ1v) is 13.8.